The topological polar surface area (TPSA) is 32.7 Å². The van der Waals surface area contributed by atoms with Crippen molar-refractivity contribution >= 4 is 0 Å². The summed E-state index contributed by atoms with van der Waals surface area (Å²) in [5.41, 5.74) is 0. The number of rotatable bonds is 3. The van der Waals surface area contributed by atoms with Crippen molar-refractivity contribution < 1.29 is 9.94 Å². The van der Waals surface area contributed by atoms with Crippen molar-refractivity contribution in [1.82, 2.24) is 5.06 Å². The Hall–Kier alpha value is -0.120. The van der Waals surface area contributed by atoms with Gasteiger partial charge in [0.05, 0.1) is 0 Å². The summed E-state index contributed by atoms with van der Waals surface area (Å²) in [5.74, 6) is 0.665. The minimum atomic E-state index is 0.665. The van der Waals surface area contributed by atoms with E-state index >= 15 is 0 Å². The van der Waals surface area contributed by atoms with E-state index in [9.17, 15) is 0 Å². The number of hydrogen-bond acceptors (Lipinski definition) is 3. The molecule has 66 valence electrons. The van der Waals surface area contributed by atoms with Crippen LogP contribution in [0.1, 0.15) is 19.3 Å². The molecular formula is C8H17NO2. The molecule has 0 aliphatic carbocycles. The van der Waals surface area contributed by atoms with Crippen LogP contribution < -0.4 is 0 Å². The van der Waals surface area contributed by atoms with Crippen LogP contribution in [-0.2, 0) is 4.74 Å². The van der Waals surface area contributed by atoms with Gasteiger partial charge in [0.2, 0.25) is 0 Å². The van der Waals surface area contributed by atoms with Crippen LogP contribution in [0.15, 0.2) is 0 Å². The van der Waals surface area contributed by atoms with Crippen LogP contribution in [0.4, 0.5) is 0 Å². The van der Waals surface area contributed by atoms with Crippen molar-refractivity contribution in [2.45, 2.75) is 19.3 Å². The molecule has 0 bridgehead atoms. The third-order valence-corrected chi connectivity index (χ3v) is 2.12. The zero-order valence-corrected chi connectivity index (χ0v) is 7.12. The van der Waals surface area contributed by atoms with Gasteiger partial charge >= 0.3 is 0 Å². The lowest BCUT2D eigenvalue weighted by molar-refractivity contribution is -0.0725. The second-order valence-electron chi connectivity index (χ2n) is 3.25. The van der Waals surface area contributed by atoms with E-state index in [1.54, 1.807) is 7.05 Å². The predicted molar refractivity (Wildman–Crippen MR) is 42.6 cm³/mol. The van der Waals surface area contributed by atoms with Crippen LogP contribution in [0.3, 0.4) is 0 Å². The Morgan fingerprint density at radius 1 is 1.64 bits per heavy atom. The maximum atomic E-state index is 8.88. The summed E-state index contributed by atoms with van der Waals surface area (Å²) in [4.78, 5) is 0. The SMILES string of the molecule is CN(O)CCC1CCCOC1. The van der Waals surface area contributed by atoms with Crippen LogP contribution >= 0.6 is 0 Å². The second kappa shape index (κ2) is 4.70. The highest BCUT2D eigenvalue weighted by molar-refractivity contribution is 4.63. The molecule has 1 aliphatic heterocycles. The van der Waals surface area contributed by atoms with E-state index in [-0.39, 0.29) is 0 Å². The first-order valence-electron chi connectivity index (χ1n) is 4.27. The Morgan fingerprint density at radius 2 is 2.45 bits per heavy atom. The molecule has 0 spiro atoms. The molecule has 0 aromatic carbocycles. The zero-order valence-electron chi connectivity index (χ0n) is 7.12. The van der Waals surface area contributed by atoms with Crippen molar-refractivity contribution in [2.24, 2.45) is 5.92 Å². The summed E-state index contributed by atoms with van der Waals surface area (Å²) in [5, 5.41) is 10.1. The van der Waals surface area contributed by atoms with Crippen LogP contribution in [0.2, 0.25) is 0 Å². The maximum absolute atomic E-state index is 8.88. The molecule has 1 rings (SSSR count). The molecule has 0 radical (unpaired) electrons. The van der Waals surface area contributed by atoms with Gasteiger partial charge in [0, 0.05) is 26.8 Å². The minimum Gasteiger partial charge on any atom is -0.381 e. The van der Waals surface area contributed by atoms with E-state index in [0.717, 1.165) is 26.2 Å². The lowest BCUT2D eigenvalue weighted by Crippen LogP contribution is -2.23. The highest BCUT2D eigenvalue weighted by atomic mass is 16.5. The Kier molecular flexibility index (Phi) is 3.83. The normalized spacial score (nSPS) is 25.9. The molecule has 1 heterocycles. The predicted octanol–water partition coefficient (Wildman–Crippen LogP) is 1.12. The molecule has 0 aromatic rings. The fourth-order valence-corrected chi connectivity index (χ4v) is 1.40. The summed E-state index contributed by atoms with van der Waals surface area (Å²) in [6.07, 6.45) is 3.49. The number of hydroxylamine groups is 2. The quantitative estimate of drug-likeness (QED) is 0.626. The van der Waals surface area contributed by atoms with Gasteiger partial charge in [0.15, 0.2) is 0 Å². The average molecular weight is 159 g/mol. The smallest absolute Gasteiger partial charge is 0.0494 e. The summed E-state index contributed by atoms with van der Waals surface area (Å²) in [6.45, 7) is 2.56. The van der Waals surface area contributed by atoms with E-state index in [2.05, 4.69) is 0 Å². The molecule has 0 amide bonds. The summed E-state index contributed by atoms with van der Waals surface area (Å²) in [7, 11) is 1.68. The Balaban J connectivity index is 2.05. The molecule has 1 fully saturated rings. The van der Waals surface area contributed by atoms with E-state index in [0.29, 0.717) is 5.92 Å². The molecule has 1 N–H and O–H groups in total. The average Bonchev–Trinajstić information content (AvgIpc) is 2.03. The zero-order chi connectivity index (χ0) is 8.10. The molecule has 1 saturated heterocycles. The standard InChI is InChI=1S/C8H17NO2/c1-9(10)5-4-8-3-2-6-11-7-8/h8,10H,2-7H2,1H3. The Morgan fingerprint density at radius 3 is 3.00 bits per heavy atom. The molecule has 1 atom stereocenters. The lowest BCUT2D eigenvalue weighted by Gasteiger charge is -2.22. The van der Waals surface area contributed by atoms with Gasteiger partial charge in [0.25, 0.3) is 0 Å². The fourth-order valence-electron chi connectivity index (χ4n) is 1.40. The van der Waals surface area contributed by atoms with Gasteiger partial charge in [-0.15, -0.1) is 0 Å². The van der Waals surface area contributed by atoms with E-state index < -0.39 is 0 Å². The molecule has 11 heavy (non-hydrogen) atoms. The van der Waals surface area contributed by atoms with Gasteiger partial charge in [-0.05, 0) is 25.2 Å². The van der Waals surface area contributed by atoms with E-state index in [1.807, 2.05) is 0 Å². The van der Waals surface area contributed by atoms with Gasteiger partial charge in [-0.2, -0.15) is 5.06 Å². The van der Waals surface area contributed by atoms with Gasteiger partial charge in [-0.25, -0.2) is 0 Å². The summed E-state index contributed by atoms with van der Waals surface area (Å²) >= 11 is 0. The first kappa shape index (κ1) is 8.97. The Labute approximate surface area is 67.9 Å². The number of hydrogen-bond donors (Lipinski definition) is 1. The number of ether oxygens (including phenoxy) is 1. The van der Waals surface area contributed by atoms with Crippen LogP contribution in [0, 0.1) is 5.92 Å². The first-order valence-corrected chi connectivity index (χ1v) is 4.27. The summed E-state index contributed by atoms with van der Waals surface area (Å²) in [6, 6.07) is 0. The second-order valence-corrected chi connectivity index (χ2v) is 3.25. The van der Waals surface area contributed by atoms with Gasteiger partial charge < -0.3 is 9.94 Å². The van der Waals surface area contributed by atoms with Crippen molar-refractivity contribution in [3.05, 3.63) is 0 Å². The summed E-state index contributed by atoms with van der Waals surface area (Å²) < 4.78 is 5.31. The molecule has 0 aromatic heterocycles. The number of nitrogens with zero attached hydrogens (tertiary/aromatic N) is 1. The molecule has 1 unspecified atom stereocenters. The molecule has 0 saturated carbocycles. The van der Waals surface area contributed by atoms with Gasteiger partial charge in [-0.3, -0.25) is 0 Å². The van der Waals surface area contributed by atoms with Crippen molar-refractivity contribution in [1.29, 1.82) is 0 Å². The fraction of sp³-hybridized carbons (Fsp3) is 1.00. The Bertz CT molecular complexity index is 100. The van der Waals surface area contributed by atoms with E-state index in [1.165, 1.54) is 17.9 Å². The third-order valence-electron chi connectivity index (χ3n) is 2.12. The highest BCUT2D eigenvalue weighted by Crippen LogP contribution is 2.16. The molecule has 3 nitrogen and oxygen atoms in total. The van der Waals surface area contributed by atoms with Crippen LogP contribution in [-0.4, -0.2) is 37.1 Å². The van der Waals surface area contributed by atoms with E-state index in [4.69, 9.17) is 9.94 Å². The van der Waals surface area contributed by atoms with Crippen molar-refractivity contribution in [3.8, 4) is 0 Å². The van der Waals surface area contributed by atoms with Gasteiger partial charge in [0.1, 0.15) is 0 Å². The highest BCUT2D eigenvalue weighted by Gasteiger charge is 2.13. The lowest BCUT2D eigenvalue weighted by atomic mass is 9.99. The third kappa shape index (κ3) is 3.70. The van der Waals surface area contributed by atoms with Gasteiger partial charge in [-0.1, -0.05) is 0 Å². The first-order chi connectivity index (χ1) is 5.29. The maximum Gasteiger partial charge on any atom is 0.0494 e. The molecule has 1 aliphatic rings. The van der Waals surface area contributed by atoms with Crippen molar-refractivity contribution in [3.63, 3.8) is 0 Å². The van der Waals surface area contributed by atoms with Crippen LogP contribution in [0.25, 0.3) is 0 Å². The molecular weight excluding hydrogens is 142 g/mol. The monoisotopic (exact) mass is 159 g/mol. The molecule has 3 heteroatoms. The van der Waals surface area contributed by atoms with Crippen LogP contribution in [0.5, 0.6) is 0 Å². The minimum absolute atomic E-state index is 0.665. The van der Waals surface area contributed by atoms with Crippen molar-refractivity contribution in [2.75, 3.05) is 26.8 Å². The largest absolute Gasteiger partial charge is 0.381 e.